The normalized spacial score (nSPS) is 11.8. The first-order valence-corrected chi connectivity index (χ1v) is 8.29. The van der Waals surface area contributed by atoms with Gasteiger partial charge in [-0.3, -0.25) is 4.79 Å². The first-order chi connectivity index (χ1) is 13.1. The van der Waals surface area contributed by atoms with Crippen LogP contribution < -0.4 is 10.1 Å². The summed E-state index contributed by atoms with van der Waals surface area (Å²) in [5, 5.41) is 6.69. The zero-order valence-corrected chi connectivity index (χ0v) is 14.7. The fraction of sp³-hybridized carbons (Fsp3) is 0.150. The third-order valence-corrected chi connectivity index (χ3v) is 4.32. The lowest BCUT2D eigenvalue weighted by Crippen LogP contribution is -2.16. The summed E-state index contributed by atoms with van der Waals surface area (Å²) in [5.41, 5.74) is 3.54. The summed E-state index contributed by atoms with van der Waals surface area (Å²) in [7, 11) is 1.31. The van der Waals surface area contributed by atoms with Crippen LogP contribution in [0.5, 0.6) is 5.75 Å². The fourth-order valence-corrected chi connectivity index (χ4v) is 2.93. The predicted molar refractivity (Wildman–Crippen MR) is 96.7 cm³/mol. The van der Waals surface area contributed by atoms with E-state index in [9.17, 15) is 9.59 Å². The molecule has 1 aliphatic heterocycles. The SMILES string of the molecule is COC(=O)c1ccc(NC(=O)c2noc3c2COc2ccc(C)cc2-3)cc1. The Labute approximate surface area is 154 Å². The quantitative estimate of drug-likeness (QED) is 0.715. The Morgan fingerprint density at radius 1 is 1.15 bits per heavy atom. The molecule has 1 aromatic heterocycles. The van der Waals surface area contributed by atoms with E-state index in [4.69, 9.17) is 9.26 Å². The Morgan fingerprint density at radius 2 is 1.93 bits per heavy atom. The van der Waals surface area contributed by atoms with E-state index in [1.165, 1.54) is 7.11 Å². The Morgan fingerprint density at radius 3 is 2.67 bits per heavy atom. The molecule has 0 saturated heterocycles. The second kappa shape index (κ2) is 6.60. The molecule has 2 aromatic carbocycles. The smallest absolute Gasteiger partial charge is 0.337 e. The largest absolute Gasteiger partial charge is 0.488 e. The molecule has 0 unspecified atom stereocenters. The van der Waals surface area contributed by atoms with Crippen LogP contribution in [0, 0.1) is 6.92 Å². The molecule has 2 heterocycles. The average molecular weight is 364 g/mol. The van der Waals surface area contributed by atoms with Gasteiger partial charge in [0.1, 0.15) is 12.4 Å². The molecule has 27 heavy (non-hydrogen) atoms. The zero-order chi connectivity index (χ0) is 19.0. The van der Waals surface area contributed by atoms with Crippen molar-refractivity contribution in [2.45, 2.75) is 13.5 Å². The third kappa shape index (κ3) is 3.03. The molecule has 0 aliphatic carbocycles. The number of carbonyl (C=O) groups is 2. The van der Waals surface area contributed by atoms with Crippen molar-refractivity contribution in [2.75, 3.05) is 12.4 Å². The molecule has 0 radical (unpaired) electrons. The molecule has 0 fully saturated rings. The molecule has 1 aliphatic rings. The lowest BCUT2D eigenvalue weighted by Gasteiger charge is -2.16. The van der Waals surface area contributed by atoms with E-state index in [1.807, 2.05) is 25.1 Å². The molecule has 1 amide bonds. The summed E-state index contributed by atoms with van der Waals surface area (Å²) in [5.74, 6) is 0.399. The summed E-state index contributed by atoms with van der Waals surface area (Å²) >= 11 is 0. The van der Waals surface area contributed by atoms with E-state index in [-0.39, 0.29) is 12.3 Å². The highest BCUT2D eigenvalue weighted by Gasteiger charge is 2.29. The number of hydrogen-bond acceptors (Lipinski definition) is 6. The first kappa shape index (κ1) is 16.8. The molecule has 7 heteroatoms. The number of ether oxygens (including phenoxy) is 2. The maximum atomic E-state index is 12.6. The van der Waals surface area contributed by atoms with Crippen molar-refractivity contribution in [1.29, 1.82) is 0 Å². The average Bonchev–Trinajstić information content (AvgIpc) is 3.12. The highest BCUT2D eigenvalue weighted by Crippen LogP contribution is 2.39. The number of aryl methyl sites for hydroxylation is 1. The second-order valence-electron chi connectivity index (χ2n) is 6.15. The van der Waals surface area contributed by atoms with E-state index in [1.54, 1.807) is 24.3 Å². The number of fused-ring (bicyclic) bond motifs is 3. The van der Waals surface area contributed by atoms with Gasteiger partial charge in [0.25, 0.3) is 5.91 Å². The van der Waals surface area contributed by atoms with Crippen LogP contribution in [0.15, 0.2) is 47.0 Å². The minimum atomic E-state index is -0.440. The van der Waals surface area contributed by atoms with E-state index < -0.39 is 11.9 Å². The van der Waals surface area contributed by atoms with Gasteiger partial charge in [0.2, 0.25) is 0 Å². The lowest BCUT2D eigenvalue weighted by molar-refractivity contribution is 0.0600. The van der Waals surface area contributed by atoms with Crippen LogP contribution in [0.2, 0.25) is 0 Å². The van der Waals surface area contributed by atoms with Gasteiger partial charge < -0.3 is 19.3 Å². The number of anilines is 1. The number of benzene rings is 2. The fourth-order valence-electron chi connectivity index (χ4n) is 2.93. The molecule has 4 rings (SSSR count). The molecular weight excluding hydrogens is 348 g/mol. The summed E-state index contributed by atoms with van der Waals surface area (Å²) in [6, 6.07) is 12.1. The second-order valence-corrected chi connectivity index (χ2v) is 6.15. The van der Waals surface area contributed by atoms with Gasteiger partial charge in [0.15, 0.2) is 11.5 Å². The van der Waals surface area contributed by atoms with E-state index in [0.717, 1.165) is 11.1 Å². The molecule has 1 N–H and O–H groups in total. The van der Waals surface area contributed by atoms with Gasteiger partial charge in [0, 0.05) is 5.69 Å². The summed E-state index contributed by atoms with van der Waals surface area (Å²) < 4.78 is 15.8. The van der Waals surface area contributed by atoms with Crippen molar-refractivity contribution >= 4 is 17.6 Å². The van der Waals surface area contributed by atoms with Crippen LogP contribution in [0.3, 0.4) is 0 Å². The molecule has 136 valence electrons. The number of hydrogen-bond donors (Lipinski definition) is 1. The van der Waals surface area contributed by atoms with Crippen molar-refractivity contribution < 1.29 is 23.6 Å². The van der Waals surface area contributed by atoms with Gasteiger partial charge in [0.05, 0.1) is 23.8 Å². The van der Waals surface area contributed by atoms with Crippen molar-refractivity contribution in [1.82, 2.24) is 5.16 Å². The number of amides is 1. The van der Waals surface area contributed by atoms with Crippen LogP contribution in [0.25, 0.3) is 11.3 Å². The lowest BCUT2D eigenvalue weighted by atomic mass is 10.0. The molecule has 0 spiro atoms. The molecule has 3 aromatic rings. The Balaban J connectivity index is 1.59. The Bertz CT molecular complexity index is 1040. The van der Waals surface area contributed by atoms with E-state index in [0.29, 0.717) is 28.3 Å². The van der Waals surface area contributed by atoms with Crippen LogP contribution in [-0.2, 0) is 11.3 Å². The number of nitrogens with one attached hydrogen (secondary N) is 1. The van der Waals surface area contributed by atoms with Crippen molar-refractivity contribution in [2.24, 2.45) is 0 Å². The highest BCUT2D eigenvalue weighted by atomic mass is 16.5. The van der Waals surface area contributed by atoms with E-state index >= 15 is 0 Å². The summed E-state index contributed by atoms with van der Waals surface area (Å²) in [4.78, 5) is 24.1. The maximum Gasteiger partial charge on any atom is 0.337 e. The molecular formula is C20H16N2O5. The van der Waals surface area contributed by atoms with Gasteiger partial charge in [-0.15, -0.1) is 0 Å². The number of methoxy groups -OCH3 is 1. The predicted octanol–water partition coefficient (Wildman–Crippen LogP) is 3.58. The van der Waals surface area contributed by atoms with Gasteiger partial charge in [-0.1, -0.05) is 16.8 Å². The number of carbonyl (C=O) groups excluding carboxylic acids is 2. The highest BCUT2D eigenvalue weighted by molar-refractivity contribution is 6.05. The topological polar surface area (TPSA) is 90.7 Å². The number of aromatic nitrogens is 1. The van der Waals surface area contributed by atoms with Crippen LogP contribution in [0.1, 0.15) is 32.0 Å². The third-order valence-electron chi connectivity index (χ3n) is 4.32. The number of nitrogens with zero attached hydrogens (tertiary/aromatic N) is 1. The molecule has 0 atom stereocenters. The summed E-state index contributed by atoms with van der Waals surface area (Å²) in [6.45, 7) is 2.18. The Hall–Kier alpha value is -3.61. The maximum absolute atomic E-state index is 12.6. The molecule has 7 nitrogen and oxygen atoms in total. The molecule has 0 bridgehead atoms. The van der Waals surface area contributed by atoms with Crippen LogP contribution >= 0.6 is 0 Å². The van der Waals surface area contributed by atoms with Gasteiger partial charge in [-0.25, -0.2) is 4.79 Å². The zero-order valence-electron chi connectivity index (χ0n) is 14.7. The van der Waals surface area contributed by atoms with Crippen molar-refractivity contribution in [3.8, 4) is 17.1 Å². The number of rotatable bonds is 3. The van der Waals surface area contributed by atoms with Crippen LogP contribution in [-0.4, -0.2) is 24.1 Å². The van der Waals surface area contributed by atoms with Crippen molar-refractivity contribution in [3.05, 3.63) is 64.8 Å². The van der Waals surface area contributed by atoms with Gasteiger partial charge in [-0.05, 0) is 43.3 Å². The minimum Gasteiger partial charge on any atom is -0.488 e. The summed E-state index contributed by atoms with van der Waals surface area (Å²) in [6.07, 6.45) is 0. The monoisotopic (exact) mass is 364 g/mol. The Kier molecular flexibility index (Phi) is 4.12. The molecule has 0 saturated carbocycles. The number of esters is 1. The standard InChI is InChI=1S/C20H16N2O5/c1-11-3-8-16-14(9-11)18-15(10-26-16)17(22-27-18)19(23)21-13-6-4-12(5-7-13)20(24)25-2/h3-9H,10H2,1-2H3,(H,21,23). The van der Waals surface area contributed by atoms with Crippen molar-refractivity contribution in [3.63, 3.8) is 0 Å². The minimum absolute atomic E-state index is 0.175. The van der Waals surface area contributed by atoms with Gasteiger partial charge in [-0.2, -0.15) is 0 Å². The first-order valence-electron chi connectivity index (χ1n) is 8.29. The van der Waals surface area contributed by atoms with E-state index in [2.05, 4.69) is 15.2 Å². The van der Waals surface area contributed by atoms with Crippen LogP contribution in [0.4, 0.5) is 5.69 Å². The van der Waals surface area contributed by atoms with Gasteiger partial charge >= 0.3 is 5.97 Å².